The van der Waals surface area contributed by atoms with Crippen LogP contribution in [0.1, 0.15) is 54.0 Å². The van der Waals surface area contributed by atoms with E-state index in [-0.39, 0.29) is 11.3 Å². The first-order chi connectivity index (χ1) is 29.0. The zero-order chi connectivity index (χ0) is 39.5. The van der Waals surface area contributed by atoms with Crippen molar-refractivity contribution in [2.75, 3.05) is 0 Å². The summed E-state index contributed by atoms with van der Waals surface area (Å²) in [4.78, 5) is 0. The predicted octanol–water partition coefficient (Wildman–Crippen LogP) is 15.3. The lowest BCUT2D eigenvalue weighted by Crippen LogP contribution is -2.15. The first-order valence-corrected chi connectivity index (χ1v) is 21.0. The summed E-state index contributed by atoms with van der Waals surface area (Å²) in [5.74, 6) is 0.270. The predicted molar refractivity (Wildman–Crippen MR) is 250 cm³/mol. The van der Waals surface area contributed by atoms with Gasteiger partial charge < -0.3 is 4.57 Å². The molecular formula is C58H45N. The molecule has 1 heteroatoms. The first kappa shape index (κ1) is 35.2. The molecular weight excluding hydrogens is 711 g/mol. The third-order valence-electron chi connectivity index (χ3n) is 13.1. The highest BCUT2D eigenvalue weighted by molar-refractivity contribution is 6.10. The molecule has 1 heterocycles. The second-order valence-corrected chi connectivity index (χ2v) is 16.8. The fourth-order valence-corrected chi connectivity index (χ4v) is 10.0. The van der Waals surface area contributed by atoms with Crippen molar-refractivity contribution >= 4 is 32.6 Å². The third kappa shape index (κ3) is 6.00. The van der Waals surface area contributed by atoms with Gasteiger partial charge in [-0.25, -0.2) is 0 Å². The van der Waals surface area contributed by atoms with E-state index in [9.17, 15) is 0 Å². The lowest BCUT2D eigenvalue weighted by Gasteiger charge is -2.25. The molecule has 1 atom stereocenters. The third-order valence-corrected chi connectivity index (χ3v) is 13.1. The van der Waals surface area contributed by atoms with Gasteiger partial charge in [0.1, 0.15) is 0 Å². The monoisotopic (exact) mass is 755 g/mol. The van der Waals surface area contributed by atoms with Gasteiger partial charge in [-0.15, -0.1) is 0 Å². The minimum atomic E-state index is -0.0312. The quantitative estimate of drug-likeness (QED) is 0.146. The smallest absolute Gasteiger partial charge is 0.0547 e. The largest absolute Gasteiger partial charge is 0.309 e. The maximum atomic E-state index is 2.52. The fraction of sp³-hybridized carbons (Fsp3) is 0.103. The van der Waals surface area contributed by atoms with Gasteiger partial charge in [-0.3, -0.25) is 0 Å². The van der Waals surface area contributed by atoms with Gasteiger partial charge in [0.2, 0.25) is 0 Å². The number of nitrogens with zero attached hydrogens (tertiary/aromatic N) is 1. The zero-order valence-electron chi connectivity index (χ0n) is 33.6. The summed E-state index contributed by atoms with van der Waals surface area (Å²) >= 11 is 0. The molecule has 0 bridgehead atoms. The van der Waals surface area contributed by atoms with Crippen LogP contribution in [0.15, 0.2) is 206 Å². The summed E-state index contributed by atoms with van der Waals surface area (Å²) in [7, 11) is 0. The van der Waals surface area contributed by atoms with Gasteiger partial charge in [0.15, 0.2) is 0 Å². The van der Waals surface area contributed by atoms with Crippen molar-refractivity contribution in [1.82, 2.24) is 4.57 Å². The molecule has 10 aromatic rings. The van der Waals surface area contributed by atoms with Gasteiger partial charge in [0.05, 0.1) is 11.0 Å². The van der Waals surface area contributed by atoms with Crippen molar-refractivity contribution < 1.29 is 0 Å². The molecule has 0 saturated carbocycles. The fourth-order valence-electron chi connectivity index (χ4n) is 10.0. The zero-order valence-corrected chi connectivity index (χ0v) is 33.6. The van der Waals surface area contributed by atoms with Crippen LogP contribution in [0.3, 0.4) is 0 Å². The van der Waals surface area contributed by atoms with Crippen LogP contribution in [-0.4, -0.2) is 4.57 Å². The maximum absolute atomic E-state index is 2.52. The van der Waals surface area contributed by atoms with E-state index in [2.05, 4.69) is 225 Å². The molecule has 9 aromatic carbocycles. The van der Waals surface area contributed by atoms with Crippen LogP contribution in [0.5, 0.6) is 0 Å². The molecule has 1 unspecified atom stereocenters. The number of hydrogen-bond acceptors (Lipinski definition) is 0. The minimum absolute atomic E-state index is 0.0312. The van der Waals surface area contributed by atoms with Gasteiger partial charge >= 0.3 is 0 Å². The number of hydrogen-bond donors (Lipinski definition) is 0. The Morgan fingerprint density at radius 3 is 1.86 bits per heavy atom. The number of aryl methyl sites for hydroxylation is 1. The molecule has 282 valence electrons. The van der Waals surface area contributed by atoms with Gasteiger partial charge in [-0.1, -0.05) is 196 Å². The summed E-state index contributed by atoms with van der Waals surface area (Å²) in [6, 6.07) is 76.6. The van der Waals surface area contributed by atoms with Gasteiger partial charge in [0.25, 0.3) is 0 Å². The van der Waals surface area contributed by atoms with Crippen LogP contribution < -0.4 is 0 Å². The topological polar surface area (TPSA) is 4.93 Å². The Hall–Kier alpha value is -6.96. The summed E-state index contributed by atoms with van der Waals surface area (Å²) in [6.45, 7) is 4.77. The number of rotatable bonds is 8. The summed E-state index contributed by atoms with van der Waals surface area (Å²) in [5.41, 5.74) is 18.3. The van der Waals surface area contributed by atoms with Crippen LogP contribution in [0.4, 0.5) is 0 Å². The van der Waals surface area contributed by atoms with Crippen molar-refractivity contribution in [1.29, 1.82) is 0 Å². The molecule has 1 aliphatic rings. The minimum Gasteiger partial charge on any atom is -0.309 e. The molecule has 11 rings (SSSR count). The molecule has 1 aromatic heterocycles. The molecule has 0 aliphatic heterocycles. The Balaban J connectivity index is 0.873. The van der Waals surface area contributed by atoms with Crippen molar-refractivity contribution in [3.05, 3.63) is 234 Å². The normalized spacial score (nSPS) is 13.5. The summed E-state index contributed by atoms with van der Waals surface area (Å²) < 4.78 is 2.39. The molecule has 1 aliphatic carbocycles. The van der Waals surface area contributed by atoms with E-state index in [1.165, 1.54) is 99.5 Å². The van der Waals surface area contributed by atoms with Crippen molar-refractivity contribution in [2.45, 2.75) is 38.0 Å². The summed E-state index contributed by atoms with van der Waals surface area (Å²) in [6.07, 6.45) is 2.03. The Morgan fingerprint density at radius 2 is 1.05 bits per heavy atom. The highest BCUT2D eigenvalue weighted by Crippen LogP contribution is 2.50. The van der Waals surface area contributed by atoms with Crippen LogP contribution in [-0.2, 0) is 11.8 Å². The second kappa shape index (κ2) is 14.1. The number of aromatic nitrogens is 1. The second-order valence-electron chi connectivity index (χ2n) is 16.8. The Bertz CT molecular complexity index is 3160. The molecule has 0 fully saturated rings. The SMILES string of the molecule is CC1(C)c2ccccc2-c2ccc(C(CCc3ccc(-c4ccc(-c5ccc6c7ccccc7n(-c7ccccc7)c6c5)cc4)cc3)c3cccc4ccccc34)cc21. The molecule has 0 spiro atoms. The Morgan fingerprint density at radius 1 is 0.441 bits per heavy atom. The molecule has 0 N–H and O–H groups in total. The highest BCUT2D eigenvalue weighted by Gasteiger charge is 2.35. The van der Waals surface area contributed by atoms with Crippen LogP contribution in [0, 0.1) is 0 Å². The maximum Gasteiger partial charge on any atom is 0.0547 e. The molecule has 59 heavy (non-hydrogen) atoms. The average molecular weight is 756 g/mol. The molecule has 1 nitrogen and oxygen atoms in total. The van der Waals surface area contributed by atoms with Crippen molar-refractivity contribution in [2.24, 2.45) is 0 Å². The number of fused-ring (bicyclic) bond motifs is 7. The van der Waals surface area contributed by atoms with Gasteiger partial charge in [-0.05, 0) is 109 Å². The van der Waals surface area contributed by atoms with Crippen molar-refractivity contribution in [3.8, 4) is 39.1 Å². The van der Waals surface area contributed by atoms with Gasteiger partial charge in [-0.2, -0.15) is 0 Å². The highest BCUT2D eigenvalue weighted by atomic mass is 15.0. The van der Waals surface area contributed by atoms with Gasteiger partial charge in [0, 0.05) is 27.8 Å². The van der Waals surface area contributed by atoms with E-state index in [0.717, 1.165) is 12.8 Å². The Kier molecular flexibility index (Phi) is 8.45. The van der Waals surface area contributed by atoms with Crippen LogP contribution in [0.25, 0.3) is 71.6 Å². The number of para-hydroxylation sites is 2. The van der Waals surface area contributed by atoms with E-state index in [4.69, 9.17) is 0 Å². The molecule has 0 radical (unpaired) electrons. The van der Waals surface area contributed by atoms with Crippen LogP contribution >= 0.6 is 0 Å². The lowest BCUT2D eigenvalue weighted by atomic mass is 9.79. The van der Waals surface area contributed by atoms with E-state index in [1.54, 1.807) is 0 Å². The van der Waals surface area contributed by atoms with E-state index < -0.39 is 0 Å². The van der Waals surface area contributed by atoms with Crippen LogP contribution in [0.2, 0.25) is 0 Å². The first-order valence-electron chi connectivity index (χ1n) is 21.0. The molecule has 0 saturated heterocycles. The van der Waals surface area contributed by atoms with E-state index >= 15 is 0 Å². The van der Waals surface area contributed by atoms with E-state index in [1.807, 2.05) is 0 Å². The number of benzene rings is 9. The standard InChI is InChI=1S/C58H45N/c1-58(2)54-21-10-8-18-50(54)51-35-33-45(37-55(51)58)48(49-20-12-14-43-13-6-7-17-47(43)49)34-25-39-23-26-40(27-24-39)41-28-30-42(31-29-41)44-32-36-53-52-19-9-11-22-56(52)59(57(53)38-44)46-15-4-3-5-16-46/h3-24,26-33,35-38,48H,25,34H2,1-2H3. The summed E-state index contributed by atoms with van der Waals surface area (Å²) in [5, 5.41) is 5.20. The van der Waals surface area contributed by atoms with E-state index in [0.29, 0.717) is 0 Å². The average Bonchev–Trinajstić information content (AvgIpc) is 3.74. The molecule has 0 amide bonds. The Labute approximate surface area is 346 Å². The van der Waals surface area contributed by atoms with Crippen molar-refractivity contribution in [3.63, 3.8) is 0 Å². The lowest BCUT2D eigenvalue weighted by molar-refractivity contribution is 0.655.